The first-order valence-electron chi connectivity index (χ1n) is 5.34. The highest BCUT2D eigenvalue weighted by Gasteiger charge is 2.14. The summed E-state index contributed by atoms with van der Waals surface area (Å²) in [6, 6.07) is 3.74. The minimum Gasteiger partial charge on any atom is -0.349 e. The van der Waals surface area contributed by atoms with Crippen LogP contribution in [0.15, 0.2) is 24.8 Å². The van der Waals surface area contributed by atoms with Gasteiger partial charge in [0.2, 0.25) is 5.91 Å². The maximum absolute atomic E-state index is 11.8. The molecule has 17 heavy (non-hydrogen) atoms. The first-order chi connectivity index (χ1) is 8.16. The zero-order valence-corrected chi connectivity index (χ0v) is 10.6. The molecule has 90 valence electrons. The normalized spacial score (nSPS) is 12.4. The molecule has 2 rings (SSSR count). The van der Waals surface area contributed by atoms with Crippen molar-refractivity contribution in [3.63, 3.8) is 0 Å². The summed E-state index contributed by atoms with van der Waals surface area (Å²) in [5, 5.41) is 6.83. The molecule has 0 aliphatic rings. The van der Waals surface area contributed by atoms with E-state index in [1.165, 1.54) is 15.9 Å². The second-order valence-corrected chi connectivity index (χ2v) is 5.15. The van der Waals surface area contributed by atoms with Gasteiger partial charge in [0.05, 0.1) is 6.54 Å². The molecule has 1 unspecified atom stereocenters. The Morgan fingerprint density at radius 3 is 3.00 bits per heavy atom. The molecule has 0 bridgehead atoms. The Hall–Kier alpha value is -1.69. The number of nitrogens with zero attached hydrogens (tertiary/aromatic N) is 3. The molecule has 0 aromatic carbocycles. The van der Waals surface area contributed by atoms with Gasteiger partial charge in [0.1, 0.15) is 18.7 Å². The molecule has 1 amide bonds. The second-order valence-electron chi connectivity index (χ2n) is 3.78. The number of rotatable bonds is 4. The van der Waals surface area contributed by atoms with Crippen molar-refractivity contribution in [1.82, 2.24) is 20.1 Å². The van der Waals surface area contributed by atoms with E-state index in [0.29, 0.717) is 6.54 Å². The summed E-state index contributed by atoms with van der Waals surface area (Å²) in [7, 11) is 0. The van der Waals surface area contributed by atoms with Crippen molar-refractivity contribution in [2.24, 2.45) is 0 Å². The first kappa shape index (κ1) is 11.8. The molecule has 0 spiro atoms. The molecule has 1 N–H and O–H groups in total. The molecule has 2 heterocycles. The third-order valence-electron chi connectivity index (χ3n) is 2.45. The molecule has 1 atom stereocenters. The minimum absolute atomic E-state index is 0.0541. The van der Waals surface area contributed by atoms with Crippen molar-refractivity contribution < 1.29 is 4.79 Å². The van der Waals surface area contributed by atoms with Crippen molar-refractivity contribution in [2.75, 3.05) is 0 Å². The molecule has 0 aliphatic heterocycles. The average molecular weight is 250 g/mol. The summed E-state index contributed by atoms with van der Waals surface area (Å²) in [6.45, 7) is 4.41. The van der Waals surface area contributed by atoms with E-state index < -0.39 is 0 Å². The van der Waals surface area contributed by atoms with E-state index in [0.717, 1.165) is 4.88 Å². The van der Waals surface area contributed by atoms with Crippen LogP contribution in [0.3, 0.4) is 0 Å². The van der Waals surface area contributed by atoms with Crippen LogP contribution < -0.4 is 5.32 Å². The standard InChI is InChI=1S/C11H14N4OS/c1-8-3-4-10(17-8)5-13-11(16)9(2)15-7-12-6-14-15/h3-4,6-7,9H,5H2,1-2H3,(H,13,16). The van der Waals surface area contributed by atoms with E-state index in [4.69, 9.17) is 0 Å². The fourth-order valence-corrected chi connectivity index (χ4v) is 2.27. The van der Waals surface area contributed by atoms with E-state index in [9.17, 15) is 4.79 Å². The van der Waals surface area contributed by atoms with Crippen LogP contribution in [-0.2, 0) is 11.3 Å². The van der Waals surface area contributed by atoms with Crippen molar-refractivity contribution >= 4 is 17.2 Å². The van der Waals surface area contributed by atoms with E-state index in [1.54, 1.807) is 24.6 Å². The zero-order valence-electron chi connectivity index (χ0n) is 9.75. The lowest BCUT2D eigenvalue weighted by Gasteiger charge is -2.11. The Bertz CT molecular complexity index is 491. The van der Waals surface area contributed by atoms with Crippen LogP contribution in [0.1, 0.15) is 22.7 Å². The topological polar surface area (TPSA) is 59.8 Å². The number of aromatic nitrogens is 3. The fourth-order valence-electron chi connectivity index (χ4n) is 1.44. The van der Waals surface area contributed by atoms with Gasteiger partial charge in [-0.2, -0.15) is 5.10 Å². The Kier molecular flexibility index (Phi) is 3.53. The molecule has 2 aromatic rings. The van der Waals surface area contributed by atoms with Gasteiger partial charge in [-0.3, -0.25) is 4.79 Å². The van der Waals surface area contributed by atoms with Crippen LogP contribution in [0.4, 0.5) is 0 Å². The lowest BCUT2D eigenvalue weighted by molar-refractivity contribution is -0.124. The summed E-state index contributed by atoms with van der Waals surface area (Å²) in [5.74, 6) is -0.0541. The maximum atomic E-state index is 11.8. The third kappa shape index (κ3) is 2.91. The van der Waals surface area contributed by atoms with Gasteiger partial charge < -0.3 is 5.32 Å². The van der Waals surface area contributed by atoms with Crippen molar-refractivity contribution in [1.29, 1.82) is 0 Å². The minimum atomic E-state index is -0.335. The Labute approximate surface area is 103 Å². The lowest BCUT2D eigenvalue weighted by atomic mass is 10.3. The van der Waals surface area contributed by atoms with E-state index in [-0.39, 0.29) is 11.9 Å². The fraction of sp³-hybridized carbons (Fsp3) is 0.364. The van der Waals surface area contributed by atoms with Crippen LogP contribution >= 0.6 is 11.3 Å². The SMILES string of the molecule is Cc1ccc(CNC(=O)C(C)n2cncn2)s1. The van der Waals surface area contributed by atoms with Gasteiger partial charge in [-0.25, -0.2) is 9.67 Å². The van der Waals surface area contributed by atoms with Gasteiger partial charge in [-0.15, -0.1) is 11.3 Å². The summed E-state index contributed by atoms with van der Waals surface area (Å²) in [4.78, 5) is 18.1. The molecule has 0 fully saturated rings. The quantitative estimate of drug-likeness (QED) is 0.895. The highest BCUT2D eigenvalue weighted by molar-refractivity contribution is 7.11. The van der Waals surface area contributed by atoms with Crippen LogP contribution in [-0.4, -0.2) is 20.7 Å². The summed E-state index contributed by atoms with van der Waals surface area (Å²) in [6.07, 6.45) is 2.96. The molecular formula is C11H14N4OS. The van der Waals surface area contributed by atoms with Crippen LogP contribution in [0.5, 0.6) is 0 Å². The monoisotopic (exact) mass is 250 g/mol. The summed E-state index contributed by atoms with van der Waals surface area (Å²) >= 11 is 1.69. The van der Waals surface area contributed by atoms with E-state index in [2.05, 4.69) is 15.4 Å². The molecule has 2 aromatic heterocycles. The second kappa shape index (κ2) is 5.09. The molecule has 0 saturated carbocycles. The van der Waals surface area contributed by atoms with Crippen LogP contribution in [0, 0.1) is 6.92 Å². The van der Waals surface area contributed by atoms with Gasteiger partial charge in [0, 0.05) is 9.75 Å². The number of amides is 1. The number of hydrogen-bond donors (Lipinski definition) is 1. The van der Waals surface area contributed by atoms with E-state index >= 15 is 0 Å². The summed E-state index contributed by atoms with van der Waals surface area (Å²) in [5.41, 5.74) is 0. The van der Waals surface area contributed by atoms with Gasteiger partial charge >= 0.3 is 0 Å². The largest absolute Gasteiger partial charge is 0.349 e. The predicted octanol–water partition coefficient (Wildman–Crippen LogP) is 1.53. The average Bonchev–Trinajstić information content (AvgIpc) is 2.95. The van der Waals surface area contributed by atoms with Crippen LogP contribution in [0.25, 0.3) is 0 Å². The summed E-state index contributed by atoms with van der Waals surface area (Å²) < 4.78 is 1.54. The molecule has 0 radical (unpaired) electrons. The van der Waals surface area contributed by atoms with Gasteiger partial charge in [0.25, 0.3) is 0 Å². The number of carbonyl (C=O) groups is 1. The Morgan fingerprint density at radius 1 is 1.59 bits per heavy atom. The Balaban J connectivity index is 1.89. The smallest absolute Gasteiger partial charge is 0.244 e. The third-order valence-corrected chi connectivity index (χ3v) is 3.45. The maximum Gasteiger partial charge on any atom is 0.244 e. The molecule has 5 nitrogen and oxygen atoms in total. The number of aryl methyl sites for hydroxylation is 1. The van der Waals surface area contributed by atoms with E-state index in [1.807, 2.05) is 19.1 Å². The molecule has 0 saturated heterocycles. The first-order valence-corrected chi connectivity index (χ1v) is 6.15. The number of carbonyl (C=O) groups excluding carboxylic acids is 1. The molecular weight excluding hydrogens is 236 g/mol. The Morgan fingerprint density at radius 2 is 2.41 bits per heavy atom. The van der Waals surface area contributed by atoms with Crippen molar-refractivity contribution in [3.05, 3.63) is 34.5 Å². The highest BCUT2D eigenvalue weighted by Crippen LogP contribution is 2.14. The number of thiophene rings is 1. The van der Waals surface area contributed by atoms with Gasteiger partial charge in [-0.05, 0) is 26.0 Å². The van der Waals surface area contributed by atoms with Crippen molar-refractivity contribution in [2.45, 2.75) is 26.4 Å². The number of nitrogens with one attached hydrogen (secondary N) is 1. The van der Waals surface area contributed by atoms with Crippen LogP contribution in [0.2, 0.25) is 0 Å². The highest BCUT2D eigenvalue weighted by atomic mass is 32.1. The predicted molar refractivity (Wildman–Crippen MR) is 65.6 cm³/mol. The van der Waals surface area contributed by atoms with Crippen molar-refractivity contribution in [3.8, 4) is 0 Å². The number of hydrogen-bond acceptors (Lipinski definition) is 4. The lowest BCUT2D eigenvalue weighted by Crippen LogP contribution is -2.30. The van der Waals surface area contributed by atoms with Gasteiger partial charge in [0.15, 0.2) is 0 Å². The molecule has 0 aliphatic carbocycles. The van der Waals surface area contributed by atoms with Gasteiger partial charge in [-0.1, -0.05) is 0 Å². The zero-order chi connectivity index (χ0) is 12.3. The molecule has 6 heteroatoms.